The SMILES string of the molecule is CCn1c(COC(=O)c2cc(Cl)ccc2O)nc2cc(S(=O)(=O)N3CCOCC3)ccc21. The van der Waals surface area contributed by atoms with Crippen molar-refractivity contribution >= 4 is 38.6 Å². The number of benzene rings is 2. The number of imidazole rings is 1. The van der Waals surface area contributed by atoms with Crippen LogP contribution in [0.3, 0.4) is 0 Å². The van der Waals surface area contributed by atoms with Gasteiger partial charge in [-0.15, -0.1) is 0 Å². The van der Waals surface area contributed by atoms with Crippen LogP contribution in [0.25, 0.3) is 11.0 Å². The molecule has 0 unspecified atom stereocenters. The minimum Gasteiger partial charge on any atom is -0.507 e. The summed E-state index contributed by atoms with van der Waals surface area (Å²) < 4.78 is 39.7. The summed E-state index contributed by atoms with van der Waals surface area (Å²) in [6, 6.07) is 8.89. The first-order valence-corrected chi connectivity index (χ1v) is 11.9. The number of ether oxygens (including phenoxy) is 2. The fourth-order valence-corrected chi connectivity index (χ4v) is 5.20. The van der Waals surface area contributed by atoms with E-state index in [2.05, 4.69) is 4.98 Å². The van der Waals surface area contributed by atoms with Crippen molar-refractivity contribution in [3.63, 3.8) is 0 Å². The summed E-state index contributed by atoms with van der Waals surface area (Å²) in [6.07, 6.45) is 0. The van der Waals surface area contributed by atoms with Gasteiger partial charge in [-0.1, -0.05) is 11.6 Å². The number of aromatic hydroxyl groups is 1. The maximum absolute atomic E-state index is 13.0. The molecule has 170 valence electrons. The summed E-state index contributed by atoms with van der Waals surface area (Å²) in [5.41, 5.74) is 1.17. The highest BCUT2D eigenvalue weighted by molar-refractivity contribution is 7.89. The summed E-state index contributed by atoms with van der Waals surface area (Å²) in [4.78, 5) is 17.0. The van der Waals surface area contributed by atoms with Crippen LogP contribution in [0.1, 0.15) is 23.1 Å². The molecular weight excluding hydrogens is 458 g/mol. The van der Waals surface area contributed by atoms with E-state index in [1.165, 1.54) is 28.6 Å². The number of nitrogens with zero attached hydrogens (tertiary/aromatic N) is 3. The van der Waals surface area contributed by atoms with Crippen molar-refractivity contribution in [1.82, 2.24) is 13.9 Å². The van der Waals surface area contributed by atoms with E-state index >= 15 is 0 Å². The predicted molar refractivity (Wildman–Crippen MR) is 117 cm³/mol. The van der Waals surface area contributed by atoms with E-state index in [9.17, 15) is 18.3 Å². The van der Waals surface area contributed by atoms with Gasteiger partial charge in [0.2, 0.25) is 10.0 Å². The van der Waals surface area contributed by atoms with Crippen molar-refractivity contribution in [2.24, 2.45) is 0 Å². The van der Waals surface area contributed by atoms with Gasteiger partial charge in [-0.05, 0) is 43.3 Å². The van der Waals surface area contributed by atoms with Gasteiger partial charge in [0.1, 0.15) is 23.7 Å². The molecule has 0 atom stereocenters. The third kappa shape index (κ3) is 4.31. The zero-order valence-corrected chi connectivity index (χ0v) is 18.9. The van der Waals surface area contributed by atoms with Gasteiger partial charge in [-0.2, -0.15) is 4.31 Å². The van der Waals surface area contributed by atoms with E-state index in [0.717, 1.165) is 5.52 Å². The van der Waals surface area contributed by atoms with Gasteiger partial charge in [0, 0.05) is 24.7 Å². The summed E-state index contributed by atoms with van der Waals surface area (Å²) in [5.74, 6) is -0.519. The number of phenols is 1. The lowest BCUT2D eigenvalue weighted by atomic mass is 10.2. The van der Waals surface area contributed by atoms with Crippen LogP contribution < -0.4 is 0 Å². The molecule has 0 radical (unpaired) electrons. The van der Waals surface area contributed by atoms with Crippen molar-refractivity contribution in [1.29, 1.82) is 0 Å². The second-order valence-corrected chi connectivity index (χ2v) is 9.55. The average molecular weight is 480 g/mol. The van der Waals surface area contributed by atoms with Crippen molar-refractivity contribution in [3.05, 3.63) is 52.8 Å². The van der Waals surface area contributed by atoms with Gasteiger partial charge in [0.25, 0.3) is 0 Å². The van der Waals surface area contributed by atoms with Crippen molar-refractivity contribution in [2.45, 2.75) is 25.0 Å². The number of hydrogen-bond acceptors (Lipinski definition) is 7. The molecule has 0 spiro atoms. The molecule has 0 saturated carbocycles. The maximum atomic E-state index is 13.0. The molecule has 32 heavy (non-hydrogen) atoms. The number of carbonyl (C=O) groups is 1. The lowest BCUT2D eigenvalue weighted by molar-refractivity contribution is 0.0455. The molecule has 4 rings (SSSR count). The summed E-state index contributed by atoms with van der Waals surface area (Å²) in [5, 5.41) is 10.2. The quantitative estimate of drug-likeness (QED) is 0.541. The Bertz CT molecular complexity index is 1270. The third-order valence-electron chi connectivity index (χ3n) is 5.23. The monoisotopic (exact) mass is 479 g/mol. The van der Waals surface area contributed by atoms with Gasteiger partial charge >= 0.3 is 5.97 Å². The number of sulfonamides is 1. The number of carbonyl (C=O) groups excluding carboxylic acids is 1. The Morgan fingerprint density at radius 2 is 1.97 bits per heavy atom. The Morgan fingerprint density at radius 1 is 1.22 bits per heavy atom. The molecule has 1 fully saturated rings. The van der Waals surface area contributed by atoms with E-state index in [4.69, 9.17) is 21.1 Å². The second kappa shape index (κ2) is 9.07. The first-order valence-electron chi connectivity index (χ1n) is 10.0. The first-order chi connectivity index (χ1) is 15.3. The zero-order chi connectivity index (χ0) is 22.9. The predicted octanol–water partition coefficient (Wildman–Crippen LogP) is 2.79. The van der Waals surface area contributed by atoms with Crippen molar-refractivity contribution < 1.29 is 27.8 Å². The number of rotatable bonds is 6. The maximum Gasteiger partial charge on any atom is 0.342 e. The molecule has 0 bridgehead atoms. The fraction of sp³-hybridized carbons (Fsp3) is 0.333. The molecule has 1 aromatic heterocycles. The molecular formula is C21H22ClN3O6S. The van der Waals surface area contributed by atoms with Crippen LogP contribution in [0.4, 0.5) is 0 Å². The Balaban J connectivity index is 1.60. The fourth-order valence-electron chi connectivity index (χ4n) is 3.60. The molecule has 0 amide bonds. The Hall–Kier alpha value is -2.66. The van der Waals surface area contributed by atoms with Crippen LogP contribution >= 0.6 is 11.6 Å². The number of morpholine rings is 1. The molecule has 1 aliphatic rings. The number of halogens is 1. The lowest BCUT2D eigenvalue weighted by Crippen LogP contribution is -2.40. The third-order valence-corrected chi connectivity index (χ3v) is 7.36. The summed E-state index contributed by atoms with van der Waals surface area (Å²) in [6.45, 7) is 3.64. The normalized spacial score (nSPS) is 15.2. The highest BCUT2D eigenvalue weighted by Gasteiger charge is 2.27. The molecule has 1 aliphatic heterocycles. The Kier molecular flexibility index (Phi) is 6.38. The smallest absolute Gasteiger partial charge is 0.342 e. The summed E-state index contributed by atoms with van der Waals surface area (Å²) in [7, 11) is -3.66. The highest BCUT2D eigenvalue weighted by atomic mass is 35.5. The van der Waals surface area contributed by atoms with Gasteiger partial charge in [0.15, 0.2) is 0 Å². The van der Waals surface area contributed by atoms with Crippen LogP contribution in [-0.2, 0) is 32.6 Å². The van der Waals surface area contributed by atoms with Crippen LogP contribution in [0.2, 0.25) is 5.02 Å². The molecule has 3 aromatic rings. The molecule has 11 heteroatoms. The summed E-state index contributed by atoms with van der Waals surface area (Å²) >= 11 is 5.89. The van der Waals surface area contributed by atoms with Crippen LogP contribution in [0, 0.1) is 0 Å². The number of aryl methyl sites for hydroxylation is 1. The standard InChI is InChI=1S/C21H22ClN3O6S/c1-2-25-18-5-4-15(32(28,29)24-7-9-30-10-8-24)12-17(18)23-20(25)13-31-21(27)16-11-14(22)3-6-19(16)26/h3-6,11-12,26H,2,7-10,13H2,1H3. The average Bonchev–Trinajstić information content (AvgIpc) is 3.16. The van der Waals surface area contributed by atoms with E-state index < -0.39 is 16.0 Å². The number of fused-ring (bicyclic) bond motifs is 1. The molecule has 1 saturated heterocycles. The van der Waals surface area contributed by atoms with Gasteiger partial charge < -0.3 is 19.1 Å². The molecule has 2 heterocycles. The largest absolute Gasteiger partial charge is 0.507 e. The topological polar surface area (TPSA) is 111 Å². The van der Waals surface area contributed by atoms with E-state index in [0.29, 0.717) is 49.2 Å². The highest BCUT2D eigenvalue weighted by Crippen LogP contribution is 2.25. The van der Waals surface area contributed by atoms with Crippen molar-refractivity contribution in [2.75, 3.05) is 26.3 Å². The van der Waals surface area contributed by atoms with E-state index in [1.54, 1.807) is 12.1 Å². The zero-order valence-electron chi connectivity index (χ0n) is 17.3. The number of esters is 1. The van der Waals surface area contributed by atoms with Crippen LogP contribution in [-0.4, -0.2) is 59.7 Å². The Labute approximate surface area is 190 Å². The Morgan fingerprint density at radius 3 is 2.69 bits per heavy atom. The minimum absolute atomic E-state index is 0.0458. The molecule has 0 aliphatic carbocycles. The number of aromatic nitrogens is 2. The van der Waals surface area contributed by atoms with Gasteiger partial charge in [-0.25, -0.2) is 18.2 Å². The van der Waals surface area contributed by atoms with Gasteiger partial charge in [0.05, 0.1) is 29.1 Å². The lowest BCUT2D eigenvalue weighted by Gasteiger charge is -2.26. The van der Waals surface area contributed by atoms with E-state index in [1.807, 2.05) is 11.5 Å². The minimum atomic E-state index is -3.66. The number of phenolic OH excluding ortho intramolecular Hbond substituents is 1. The molecule has 9 nitrogen and oxygen atoms in total. The van der Waals surface area contributed by atoms with Gasteiger partial charge in [-0.3, -0.25) is 0 Å². The van der Waals surface area contributed by atoms with Crippen molar-refractivity contribution in [3.8, 4) is 5.75 Å². The molecule has 2 aromatic carbocycles. The van der Waals surface area contributed by atoms with Crippen LogP contribution in [0.15, 0.2) is 41.3 Å². The first kappa shape index (κ1) is 22.5. The van der Waals surface area contributed by atoms with E-state index in [-0.39, 0.29) is 22.8 Å². The molecule has 1 N–H and O–H groups in total. The second-order valence-electron chi connectivity index (χ2n) is 7.18. The number of hydrogen-bond donors (Lipinski definition) is 1. The van der Waals surface area contributed by atoms with Crippen LogP contribution in [0.5, 0.6) is 5.75 Å².